The Hall–Kier alpha value is -1.71. The van der Waals surface area contributed by atoms with Crippen molar-refractivity contribution in [1.29, 1.82) is 0 Å². The van der Waals surface area contributed by atoms with E-state index >= 15 is 0 Å². The van der Waals surface area contributed by atoms with Crippen LogP contribution in [-0.2, 0) is 6.42 Å². The van der Waals surface area contributed by atoms with Gasteiger partial charge in [-0.25, -0.2) is 0 Å². The molecule has 0 aliphatic carbocycles. The number of carbonyl (C=O) groups excluding carboxylic acids is 1. The fourth-order valence-electron chi connectivity index (χ4n) is 2.28. The Kier molecular flexibility index (Phi) is 3.32. The van der Waals surface area contributed by atoms with Crippen molar-refractivity contribution in [2.45, 2.75) is 6.42 Å². The summed E-state index contributed by atoms with van der Waals surface area (Å²) < 4.78 is 5.54. The van der Waals surface area contributed by atoms with Crippen molar-refractivity contribution in [3.63, 3.8) is 0 Å². The lowest BCUT2D eigenvalue weighted by Gasteiger charge is -2.09. The van der Waals surface area contributed by atoms with Gasteiger partial charge in [-0.3, -0.25) is 4.79 Å². The van der Waals surface area contributed by atoms with E-state index in [1.807, 2.05) is 6.07 Å². The van der Waals surface area contributed by atoms with Crippen molar-refractivity contribution in [3.05, 3.63) is 57.1 Å². The summed E-state index contributed by atoms with van der Waals surface area (Å²) in [5, 5.41) is 0.952. The standard InChI is InChI=1S/C15H11Cl2NO2/c16-10-5-9-3-4-20-15(9)11(7-10)14(19)8-1-2-12(17)13(18)6-8/h1-2,5-7H,3-4,18H2. The Labute approximate surface area is 126 Å². The highest BCUT2D eigenvalue weighted by Crippen LogP contribution is 2.34. The van der Waals surface area contributed by atoms with Crippen molar-refractivity contribution in [2.75, 3.05) is 12.3 Å². The number of rotatable bonds is 2. The summed E-state index contributed by atoms with van der Waals surface area (Å²) in [5.74, 6) is 0.446. The highest BCUT2D eigenvalue weighted by molar-refractivity contribution is 6.33. The van der Waals surface area contributed by atoms with Crippen molar-refractivity contribution >= 4 is 34.7 Å². The summed E-state index contributed by atoms with van der Waals surface area (Å²) in [6.45, 7) is 0.568. The quantitative estimate of drug-likeness (QED) is 0.679. The number of fused-ring (bicyclic) bond motifs is 1. The topological polar surface area (TPSA) is 52.3 Å². The minimum Gasteiger partial charge on any atom is -0.492 e. The van der Waals surface area contributed by atoms with Gasteiger partial charge in [0.2, 0.25) is 0 Å². The van der Waals surface area contributed by atoms with Gasteiger partial charge in [0.1, 0.15) is 5.75 Å². The number of ketones is 1. The molecule has 0 radical (unpaired) electrons. The minimum atomic E-state index is -0.172. The van der Waals surface area contributed by atoms with Crippen molar-refractivity contribution in [3.8, 4) is 5.75 Å². The fraction of sp³-hybridized carbons (Fsp3) is 0.133. The Morgan fingerprint density at radius 2 is 2.00 bits per heavy atom. The van der Waals surface area contributed by atoms with Gasteiger partial charge in [0.05, 0.1) is 22.9 Å². The molecule has 0 saturated carbocycles. The molecule has 3 rings (SSSR count). The van der Waals surface area contributed by atoms with E-state index in [9.17, 15) is 4.79 Å². The molecule has 3 nitrogen and oxygen atoms in total. The zero-order chi connectivity index (χ0) is 14.3. The molecule has 0 fully saturated rings. The predicted octanol–water partition coefficient (Wildman–Crippen LogP) is 3.74. The maximum absolute atomic E-state index is 12.6. The zero-order valence-corrected chi connectivity index (χ0v) is 12.0. The third-order valence-electron chi connectivity index (χ3n) is 3.25. The monoisotopic (exact) mass is 307 g/mol. The van der Waals surface area contributed by atoms with Gasteiger partial charge in [-0.2, -0.15) is 0 Å². The van der Waals surface area contributed by atoms with E-state index in [0.29, 0.717) is 39.2 Å². The van der Waals surface area contributed by atoms with Gasteiger partial charge in [-0.05, 0) is 35.9 Å². The van der Waals surface area contributed by atoms with Gasteiger partial charge in [0.25, 0.3) is 0 Å². The van der Waals surface area contributed by atoms with Crippen LogP contribution in [0.1, 0.15) is 21.5 Å². The van der Waals surface area contributed by atoms with Crippen LogP contribution in [0.3, 0.4) is 0 Å². The summed E-state index contributed by atoms with van der Waals surface area (Å²) in [6.07, 6.45) is 0.763. The summed E-state index contributed by atoms with van der Waals surface area (Å²) in [5.41, 5.74) is 8.00. The van der Waals surface area contributed by atoms with E-state index in [1.54, 1.807) is 24.3 Å². The van der Waals surface area contributed by atoms with Gasteiger partial charge in [-0.15, -0.1) is 0 Å². The van der Waals surface area contributed by atoms with Gasteiger partial charge in [0, 0.05) is 17.0 Å². The summed E-state index contributed by atoms with van der Waals surface area (Å²) >= 11 is 11.9. The third kappa shape index (κ3) is 2.23. The number of hydrogen-bond donors (Lipinski definition) is 1. The van der Waals surface area contributed by atoms with Gasteiger partial charge in [-0.1, -0.05) is 23.2 Å². The van der Waals surface area contributed by atoms with Crippen LogP contribution in [0, 0.1) is 0 Å². The van der Waals surface area contributed by atoms with E-state index in [0.717, 1.165) is 12.0 Å². The van der Waals surface area contributed by atoms with Crippen LogP contribution < -0.4 is 10.5 Å². The second-order valence-electron chi connectivity index (χ2n) is 4.61. The highest BCUT2D eigenvalue weighted by atomic mass is 35.5. The van der Waals surface area contributed by atoms with Crippen LogP contribution in [0.25, 0.3) is 0 Å². The predicted molar refractivity (Wildman–Crippen MR) is 79.9 cm³/mol. The van der Waals surface area contributed by atoms with Gasteiger partial charge < -0.3 is 10.5 Å². The first-order valence-electron chi connectivity index (χ1n) is 6.11. The Morgan fingerprint density at radius 3 is 2.75 bits per heavy atom. The molecule has 0 amide bonds. The van der Waals surface area contributed by atoms with Crippen molar-refractivity contribution < 1.29 is 9.53 Å². The number of nitrogen functional groups attached to an aromatic ring is 1. The molecule has 20 heavy (non-hydrogen) atoms. The van der Waals surface area contributed by atoms with Gasteiger partial charge in [0.15, 0.2) is 5.78 Å². The number of halogens is 2. The van der Waals surface area contributed by atoms with E-state index in [2.05, 4.69) is 0 Å². The summed E-state index contributed by atoms with van der Waals surface area (Å²) in [4.78, 5) is 12.6. The van der Waals surface area contributed by atoms with E-state index in [-0.39, 0.29) is 5.78 Å². The first kappa shape index (κ1) is 13.3. The number of benzene rings is 2. The molecule has 102 valence electrons. The smallest absolute Gasteiger partial charge is 0.196 e. The third-order valence-corrected chi connectivity index (χ3v) is 3.81. The number of ether oxygens (including phenoxy) is 1. The fourth-order valence-corrected chi connectivity index (χ4v) is 2.64. The second kappa shape index (κ2) is 5.00. The largest absolute Gasteiger partial charge is 0.492 e. The molecule has 5 heteroatoms. The molecule has 2 aromatic rings. The molecule has 1 aliphatic rings. The molecule has 0 unspecified atom stereocenters. The number of anilines is 1. The maximum Gasteiger partial charge on any atom is 0.196 e. The molecule has 1 heterocycles. The Balaban J connectivity index is 2.09. The molecule has 2 aromatic carbocycles. The molecular formula is C15H11Cl2NO2. The van der Waals surface area contributed by atoms with Crippen molar-refractivity contribution in [2.24, 2.45) is 0 Å². The molecule has 0 aromatic heterocycles. The average molecular weight is 308 g/mol. The zero-order valence-electron chi connectivity index (χ0n) is 10.5. The maximum atomic E-state index is 12.6. The van der Waals surface area contributed by atoms with Crippen LogP contribution in [0.5, 0.6) is 5.75 Å². The normalized spacial score (nSPS) is 12.9. The Morgan fingerprint density at radius 1 is 1.20 bits per heavy atom. The first-order chi connectivity index (χ1) is 9.56. The van der Waals surface area contributed by atoms with Crippen LogP contribution in [-0.4, -0.2) is 12.4 Å². The lowest BCUT2D eigenvalue weighted by molar-refractivity contribution is 0.103. The van der Waals surface area contributed by atoms with E-state index in [1.165, 1.54) is 0 Å². The van der Waals surface area contributed by atoms with E-state index < -0.39 is 0 Å². The van der Waals surface area contributed by atoms with Crippen LogP contribution in [0.2, 0.25) is 10.0 Å². The van der Waals surface area contributed by atoms with Crippen LogP contribution in [0.15, 0.2) is 30.3 Å². The molecule has 0 atom stereocenters. The SMILES string of the molecule is Nc1cc(C(=O)c2cc(Cl)cc3c2OCC3)ccc1Cl. The summed E-state index contributed by atoms with van der Waals surface area (Å²) in [7, 11) is 0. The van der Waals surface area contributed by atoms with E-state index in [4.69, 9.17) is 33.7 Å². The van der Waals surface area contributed by atoms with Gasteiger partial charge >= 0.3 is 0 Å². The molecule has 0 saturated heterocycles. The molecule has 2 N–H and O–H groups in total. The van der Waals surface area contributed by atoms with Crippen LogP contribution >= 0.6 is 23.2 Å². The van der Waals surface area contributed by atoms with Crippen LogP contribution in [0.4, 0.5) is 5.69 Å². The average Bonchev–Trinajstić information content (AvgIpc) is 2.88. The Bertz CT molecular complexity index is 713. The molecule has 0 spiro atoms. The first-order valence-corrected chi connectivity index (χ1v) is 6.87. The lowest BCUT2D eigenvalue weighted by atomic mass is 9.99. The molecule has 0 bridgehead atoms. The molecular weight excluding hydrogens is 297 g/mol. The number of hydrogen-bond acceptors (Lipinski definition) is 3. The molecule has 1 aliphatic heterocycles. The lowest BCUT2D eigenvalue weighted by Crippen LogP contribution is -2.05. The summed E-state index contributed by atoms with van der Waals surface area (Å²) in [6, 6.07) is 8.27. The highest BCUT2D eigenvalue weighted by Gasteiger charge is 2.23. The van der Waals surface area contributed by atoms with Crippen molar-refractivity contribution in [1.82, 2.24) is 0 Å². The number of carbonyl (C=O) groups is 1. The minimum absolute atomic E-state index is 0.172. The number of nitrogens with two attached hydrogens (primary N) is 1. The second-order valence-corrected chi connectivity index (χ2v) is 5.45.